The molecule has 3 N–H and O–H groups in total. The van der Waals surface area contributed by atoms with Crippen molar-refractivity contribution in [1.29, 1.82) is 0 Å². The summed E-state index contributed by atoms with van der Waals surface area (Å²) in [7, 11) is 0. The Labute approximate surface area is 133 Å². The molecule has 1 aromatic rings. The fourth-order valence-corrected chi connectivity index (χ4v) is 2.08. The summed E-state index contributed by atoms with van der Waals surface area (Å²) in [6.07, 6.45) is 1.56. The lowest BCUT2D eigenvalue weighted by atomic mass is 10.0. The van der Waals surface area contributed by atoms with E-state index in [1.807, 2.05) is 6.92 Å². The number of aliphatic hydroxyl groups excluding tert-OH is 1. The van der Waals surface area contributed by atoms with Gasteiger partial charge in [0.2, 0.25) is 5.91 Å². The van der Waals surface area contributed by atoms with E-state index >= 15 is 0 Å². The maximum Gasteiger partial charge on any atom is 0.251 e. The van der Waals surface area contributed by atoms with E-state index in [2.05, 4.69) is 26.6 Å². The van der Waals surface area contributed by atoms with E-state index in [4.69, 9.17) is 5.11 Å². The third-order valence-electron chi connectivity index (χ3n) is 3.22. The number of hydrogen-bond donors (Lipinski definition) is 3. The Morgan fingerprint density at radius 2 is 1.90 bits per heavy atom. The summed E-state index contributed by atoms with van der Waals surface area (Å²) in [4.78, 5) is 23.5. The predicted molar refractivity (Wildman–Crippen MR) is 85.0 cm³/mol. The molecule has 1 unspecified atom stereocenters. The number of nitrogens with one attached hydrogen (secondary N) is 2. The first-order valence-corrected chi connectivity index (χ1v) is 7.77. The van der Waals surface area contributed by atoms with E-state index in [1.165, 1.54) is 0 Å². The van der Waals surface area contributed by atoms with Gasteiger partial charge in [0.05, 0.1) is 6.54 Å². The summed E-state index contributed by atoms with van der Waals surface area (Å²) in [6, 6.07) is 6.92. The summed E-state index contributed by atoms with van der Waals surface area (Å²) in [6.45, 7) is 2.60. The van der Waals surface area contributed by atoms with Gasteiger partial charge in [-0.25, -0.2) is 0 Å². The predicted octanol–water partition coefficient (Wildman–Crippen LogP) is 1.70. The molecule has 0 spiro atoms. The molecule has 21 heavy (non-hydrogen) atoms. The highest BCUT2D eigenvalue weighted by molar-refractivity contribution is 9.10. The molecule has 0 saturated carbocycles. The summed E-state index contributed by atoms with van der Waals surface area (Å²) >= 11 is 3.30. The van der Waals surface area contributed by atoms with Crippen LogP contribution >= 0.6 is 15.9 Å². The second-order valence-electron chi connectivity index (χ2n) is 4.78. The molecular weight excluding hydrogens is 336 g/mol. The van der Waals surface area contributed by atoms with Crippen LogP contribution in [0.1, 0.15) is 30.1 Å². The fourth-order valence-electron chi connectivity index (χ4n) is 1.82. The fraction of sp³-hybridized carbons (Fsp3) is 0.467. The van der Waals surface area contributed by atoms with Gasteiger partial charge in [0.15, 0.2) is 0 Å². The van der Waals surface area contributed by atoms with Crippen LogP contribution in [0.3, 0.4) is 0 Å². The van der Waals surface area contributed by atoms with E-state index in [0.29, 0.717) is 18.5 Å². The smallest absolute Gasteiger partial charge is 0.251 e. The Balaban J connectivity index is 2.32. The van der Waals surface area contributed by atoms with Crippen LogP contribution in [0.2, 0.25) is 0 Å². The molecule has 2 amide bonds. The van der Waals surface area contributed by atoms with Gasteiger partial charge in [0, 0.05) is 23.2 Å². The second kappa shape index (κ2) is 9.52. The SMILES string of the molecule is CCC(CCO)CNC(=O)CNC(=O)c1ccc(Br)cc1. The standard InChI is InChI=1S/C15H21BrN2O3/c1-2-11(7-8-19)9-17-14(20)10-18-15(21)12-3-5-13(16)6-4-12/h3-6,11,19H,2,7-10H2,1H3,(H,17,20)(H,18,21). The lowest BCUT2D eigenvalue weighted by molar-refractivity contribution is -0.120. The zero-order valence-electron chi connectivity index (χ0n) is 12.1. The van der Waals surface area contributed by atoms with Crippen LogP contribution < -0.4 is 10.6 Å². The van der Waals surface area contributed by atoms with Crippen molar-refractivity contribution in [1.82, 2.24) is 10.6 Å². The molecule has 1 atom stereocenters. The van der Waals surface area contributed by atoms with Gasteiger partial charge >= 0.3 is 0 Å². The van der Waals surface area contributed by atoms with Crippen molar-refractivity contribution in [2.45, 2.75) is 19.8 Å². The molecule has 5 nitrogen and oxygen atoms in total. The summed E-state index contributed by atoms with van der Waals surface area (Å²) in [5.41, 5.74) is 0.512. The van der Waals surface area contributed by atoms with Crippen LogP contribution in [0.25, 0.3) is 0 Å². The molecular formula is C15H21BrN2O3. The van der Waals surface area contributed by atoms with E-state index in [0.717, 1.165) is 10.9 Å². The van der Waals surface area contributed by atoms with Crippen LogP contribution in [0.15, 0.2) is 28.7 Å². The van der Waals surface area contributed by atoms with Gasteiger partial charge in [0.25, 0.3) is 5.91 Å². The molecule has 0 aliphatic heterocycles. The minimum atomic E-state index is -0.278. The number of carbonyl (C=O) groups is 2. The van der Waals surface area contributed by atoms with Crippen LogP contribution in [-0.2, 0) is 4.79 Å². The maximum absolute atomic E-state index is 11.8. The Bertz CT molecular complexity index is 462. The first-order chi connectivity index (χ1) is 10.1. The molecule has 0 fully saturated rings. The van der Waals surface area contributed by atoms with Crippen molar-refractivity contribution in [3.8, 4) is 0 Å². The normalized spacial score (nSPS) is 11.8. The Kier molecular flexibility index (Phi) is 8.00. The average Bonchev–Trinajstić information content (AvgIpc) is 2.49. The van der Waals surface area contributed by atoms with Crippen LogP contribution in [-0.4, -0.2) is 36.6 Å². The first-order valence-electron chi connectivity index (χ1n) is 6.98. The third kappa shape index (κ3) is 6.73. The Hall–Kier alpha value is -1.40. The van der Waals surface area contributed by atoms with Gasteiger partial charge in [-0.2, -0.15) is 0 Å². The van der Waals surface area contributed by atoms with Crippen molar-refractivity contribution in [3.63, 3.8) is 0 Å². The molecule has 0 saturated heterocycles. The molecule has 0 aromatic heterocycles. The van der Waals surface area contributed by atoms with Gasteiger partial charge in [-0.05, 0) is 36.6 Å². The molecule has 116 valence electrons. The number of halogens is 1. The van der Waals surface area contributed by atoms with Crippen molar-refractivity contribution in [3.05, 3.63) is 34.3 Å². The highest BCUT2D eigenvalue weighted by atomic mass is 79.9. The monoisotopic (exact) mass is 356 g/mol. The average molecular weight is 357 g/mol. The number of amides is 2. The highest BCUT2D eigenvalue weighted by Gasteiger charge is 2.10. The van der Waals surface area contributed by atoms with Crippen molar-refractivity contribution in [2.24, 2.45) is 5.92 Å². The van der Waals surface area contributed by atoms with Crippen LogP contribution in [0.5, 0.6) is 0 Å². The zero-order valence-corrected chi connectivity index (χ0v) is 13.6. The topological polar surface area (TPSA) is 78.4 Å². The van der Waals surface area contributed by atoms with E-state index in [1.54, 1.807) is 24.3 Å². The summed E-state index contributed by atoms with van der Waals surface area (Å²) < 4.78 is 0.895. The molecule has 0 aliphatic carbocycles. The molecule has 0 aliphatic rings. The number of benzene rings is 1. The Morgan fingerprint density at radius 1 is 1.24 bits per heavy atom. The largest absolute Gasteiger partial charge is 0.396 e. The molecule has 0 radical (unpaired) electrons. The van der Waals surface area contributed by atoms with Crippen molar-refractivity contribution >= 4 is 27.7 Å². The van der Waals surface area contributed by atoms with E-state index < -0.39 is 0 Å². The highest BCUT2D eigenvalue weighted by Crippen LogP contribution is 2.10. The minimum absolute atomic E-state index is 0.0511. The zero-order chi connectivity index (χ0) is 15.7. The lowest BCUT2D eigenvalue weighted by Gasteiger charge is -2.14. The van der Waals surface area contributed by atoms with Gasteiger partial charge in [-0.3, -0.25) is 9.59 Å². The molecule has 0 bridgehead atoms. The summed E-state index contributed by atoms with van der Waals surface area (Å²) in [5.74, 6) is -0.238. The molecule has 1 aromatic carbocycles. The third-order valence-corrected chi connectivity index (χ3v) is 3.75. The molecule has 0 heterocycles. The van der Waals surface area contributed by atoms with Crippen molar-refractivity contribution < 1.29 is 14.7 Å². The second-order valence-corrected chi connectivity index (χ2v) is 5.70. The number of aliphatic hydroxyl groups is 1. The molecule has 6 heteroatoms. The lowest BCUT2D eigenvalue weighted by Crippen LogP contribution is -2.39. The van der Waals surface area contributed by atoms with Crippen molar-refractivity contribution in [2.75, 3.05) is 19.7 Å². The van der Waals surface area contributed by atoms with Gasteiger partial charge < -0.3 is 15.7 Å². The van der Waals surface area contributed by atoms with Gasteiger partial charge in [0.1, 0.15) is 0 Å². The molecule has 1 rings (SSSR count). The quantitative estimate of drug-likeness (QED) is 0.663. The van der Waals surface area contributed by atoms with Crippen LogP contribution in [0, 0.1) is 5.92 Å². The van der Waals surface area contributed by atoms with E-state index in [9.17, 15) is 9.59 Å². The minimum Gasteiger partial charge on any atom is -0.396 e. The van der Waals surface area contributed by atoms with Gasteiger partial charge in [-0.1, -0.05) is 29.3 Å². The van der Waals surface area contributed by atoms with Gasteiger partial charge in [-0.15, -0.1) is 0 Å². The maximum atomic E-state index is 11.8. The van der Waals surface area contributed by atoms with E-state index in [-0.39, 0.29) is 30.9 Å². The number of hydrogen-bond acceptors (Lipinski definition) is 3. The Morgan fingerprint density at radius 3 is 2.48 bits per heavy atom. The van der Waals surface area contributed by atoms with Crippen LogP contribution in [0.4, 0.5) is 0 Å². The number of rotatable bonds is 8. The summed E-state index contributed by atoms with van der Waals surface area (Å²) in [5, 5.41) is 14.2. The first kappa shape index (κ1) is 17.7. The number of carbonyl (C=O) groups excluding carboxylic acids is 2.